The van der Waals surface area contributed by atoms with E-state index in [9.17, 15) is 4.79 Å². The summed E-state index contributed by atoms with van der Waals surface area (Å²) in [6.45, 7) is 11.4. The highest BCUT2D eigenvalue weighted by Crippen LogP contribution is 1.86. The van der Waals surface area contributed by atoms with Gasteiger partial charge in [-0.1, -0.05) is 0 Å². The van der Waals surface area contributed by atoms with Crippen LogP contribution in [0.3, 0.4) is 0 Å². The largest absolute Gasteiger partial charge is 0.379 e. The van der Waals surface area contributed by atoms with E-state index in [4.69, 9.17) is 47.4 Å². The summed E-state index contributed by atoms with van der Waals surface area (Å²) in [5.41, 5.74) is 0. The highest BCUT2D eigenvalue weighted by atomic mass is 16.6. The number of carbonyl (C=O) groups is 1. The van der Waals surface area contributed by atoms with Crippen molar-refractivity contribution in [3.8, 4) is 0 Å². The van der Waals surface area contributed by atoms with E-state index in [1.165, 1.54) is 0 Å². The molecule has 0 aromatic carbocycles. The zero-order valence-corrected chi connectivity index (χ0v) is 22.1. The van der Waals surface area contributed by atoms with Crippen LogP contribution in [0.4, 0.5) is 0 Å². The van der Waals surface area contributed by atoms with Gasteiger partial charge in [0, 0.05) is 13.0 Å². The lowest BCUT2D eigenvalue weighted by atomic mass is 10.5. The molecular formula is C24H49NO11. The van der Waals surface area contributed by atoms with Gasteiger partial charge in [0.25, 0.3) is 0 Å². The van der Waals surface area contributed by atoms with Gasteiger partial charge in [0.2, 0.25) is 0 Å². The third kappa shape index (κ3) is 33.2. The molecule has 0 amide bonds. The van der Waals surface area contributed by atoms with Crippen LogP contribution in [-0.2, 0) is 52.2 Å². The lowest BCUT2D eigenvalue weighted by Gasteiger charge is -2.09. The fourth-order valence-corrected chi connectivity index (χ4v) is 2.39. The Bertz CT molecular complexity index is 408. The number of likely N-dealkylation sites (N-methyl/N-ethyl adjacent to an activating group) is 1. The van der Waals surface area contributed by atoms with Crippen LogP contribution in [0, 0.1) is 0 Å². The molecule has 0 aliphatic carbocycles. The second-order valence-electron chi connectivity index (χ2n) is 7.18. The van der Waals surface area contributed by atoms with Crippen molar-refractivity contribution in [1.29, 1.82) is 0 Å². The normalized spacial score (nSPS) is 11.4. The average molecular weight is 528 g/mol. The summed E-state index contributed by atoms with van der Waals surface area (Å²) in [6.07, 6.45) is 1.25. The lowest BCUT2D eigenvalue weighted by Crippen LogP contribution is -2.17. The van der Waals surface area contributed by atoms with Gasteiger partial charge >= 0.3 is 0 Å². The van der Waals surface area contributed by atoms with E-state index in [-0.39, 0.29) is 0 Å². The summed E-state index contributed by atoms with van der Waals surface area (Å²) in [7, 11) is 1.89. The Hall–Kier alpha value is -0.770. The summed E-state index contributed by atoms with van der Waals surface area (Å²) in [5.74, 6) is 0. The Morgan fingerprint density at radius 1 is 0.389 bits per heavy atom. The van der Waals surface area contributed by atoms with E-state index < -0.39 is 0 Å². The van der Waals surface area contributed by atoms with Gasteiger partial charge in [-0.2, -0.15) is 0 Å². The van der Waals surface area contributed by atoms with Crippen LogP contribution in [0.2, 0.25) is 0 Å². The maximum Gasteiger partial charge on any atom is 0.122 e. The fourth-order valence-electron chi connectivity index (χ4n) is 2.39. The Morgan fingerprint density at radius 3 is 0.833 bits per heavy atom. The number of rotatable bonds is 33. The van der Waals surface area contributed by atoms with Crippen LogP contribution >= 0.6 is 0 Å². The molecule has 12 heteroatoms. The van der Waals surface area contributed by atoms with Gasteiger partial charge < -0.3 is 57.5 Å². The third-order valence-corrected chi connectivity index (χ3v) is 4.22. The maximum absolute atomic E-state index is 10.1. The number of hydrogen-bond acceptors (Lipinski definition) is 12. The molecular weight excluding hydrogens is 478 g/mol. The van der Waals surface area contributed by atoms with Crippen molar-refractivity contribution in [2.75, 3.05) is 146 Å². The molecule has 0 radical (unpaired) electrons. The van der Waals surface area contributed by atoms with E-state index in [0.29, 0.717) is 139 Å². The van der Waals surface area contributed by atoms with E-state index in [2.05, 4.69) is 5.32 Å². The molecule has 0 atom stereocenters. The van der Waals surface area contributed by atoms with E-state index in [1.807, 2.05) is 7.05 Å². The average Bonchev–Trinajstić information content (AvgIpc) is 2.89. The van der Waals surface area contributed by atoms with Gasteiger partial charge in [-0.15, -0.1) is 0 Å². The molecule has 0 spiro atoms. The van der Waals surface area contributed by atoms with E-state index in [1.54, 1.807) is 0 Å². The Balaban J connectivity index is 3.00. The molecule has 0 aliphatic rings. The molecule has 0 rings (SSSR count). The molecule has 0 bridgehead atoms. The topological polar surface area (TPSA) is 121 Å². The van der Waals surface area contributed by atoms with Crippen LogP contribution in [0.1, 0.15) is 6.42 Å². The van der Waals surface area contributed by atoms with Gasteiger partial charge in [0.15, 0.2) is 0 Å². The Morgan fingerprint density at radius 2 is 0.611 bits per heavy atom. The molecule has 0 heterocycles. The minimum absolute atomic E-state index is 0.418. The van der Waals surface area contributed by atoms with Gasteiger partial charge in [0.05, 0.1) is 132 Å². The predicted molar refractivity (Wildman–Crippen MR) is 133 cm³/mol. The van der Waals surface area contributed by atoms with Crippen molar-refractivity contribution >= 4 is 6.29 Å². The molecule has 12 nitrogen and oxygen atoms in total. The maximum atomic E-state index is 10.1. The molecule has 0 fully saturated rings. The van der Waals surface area contributed by atoms with Crippen molar-refractivity contribution in [2.24, 2.45) is 0 Å². The standard InChI is InChI=1S/C24H49NO11/c1-25-3-6-28-8-10-30-12-14-32-16-18-34-20-22-36-24-23-35-21-19-33-17-15-31-13-11-29-9-7-27-5-2-4-26/h4,25H,2-3,5-24H2,1H3. The number of nitrogens with one attached hydrogen (secondary N) is 1. The Labute approximate surface area is 216 Å². The predicted octanol–water partition coefficient (Wildman–Crippen LogP) is -0.0392. The fraction of sp³-hybridized carbons (Fsp3) is 0.958. The second kappa shape index (κ2) is 34.2. The molecule has 0 saturated carbocycles. The second-order valence-corrected chi connectivity index (χ2v) is 7.18. The number of hydrogen-bond donors (Lipinski definition) is 1. The van der Waals surface area contributed by atoms with Crippen LogP contribution in [0.15, 0.2) is 0 Å². The molecule has 0 unspecified atom stereocenters. The first kappa shape index (κ1) is 35.2. The minimum atomic E-state index is 0.418. The zero-order valence-electron chi connectivity index (χ0n) is 22.1. The third-order valence-electron chi connectivity index (χ3n) is 4.22. The summed E-state index contributed by atoms with van der Waals surface area (Å²) in [4.78, 5) is 10.1. The SMILES string of the molecule is CNCCOCCOCCOCCOCCOCCOCCOCCOCCOCCOCCC=O. The molecule has 216 valence electrons. The van der Waals surface area contributed by atoms with Gasteiger partial charge in [-0.05, 0) is 7.05 Å². The van der Waals surface area contributed by atoms with Crippen LogP contribution < -0.4 is 5.32 Å². The highest BCUT2D eigenvalue weighted by Gasteiger charge is 1.96. The monoisotopic (exact) mass is 527 g/mol. The summed E-state index contributed by atoms with van der Waals surface area (Å²) >= 11 is 0. The minimum Gasteiger partial charge on any atom is -0.379 e. The number of ether oxygens (including phenoxy) is 10. The van der Waals surface area contributed by atoms with Gasteiger partial charge in [-0.25, -0.2) is 0 Å². The molecule has 0 aromatic rings. The molecule has 0 aromatic heterocycles. The molecule has 0 aliphatic heterocycles. The first-order valence-corrected chi connectivity index (χ1v) is 12.8. The quantitative estimate of drug-likeness (QED) is 0.0910. The Kier molecular flexibility index (Phi) is 33.5. The first-order chi connectivity index (χ1) is 17.9. The lowest BCUT2D eigenvalue weighted by molar-refractivity contribution is -0.108. The summed E-state index contributed by atoms with van der Waals surface area (Å²) in [5, 5.41) is 3.01. The zero-order chi connectivity index (χ0) is 26.0. The van der Waals surface area contributed by atoms with Crippen LogP contribution in [-0.4, -0.2) is 152 Å². The number of carbonyl (C=O) groups excluding carboxylic acids is 1. The van der Waals surface area contributed by atoms with Gasteiger partial charge in [0.1, 0.15) is 6.29 Å². The van der Waals surface area contributed by atoms with Crippen molar-refractivity contribution in [3.63, 3.8) is 0 Å². The van der Waals surface area contributed by atoms with E-state index >= 15 is 0 Å². The summed E-state index contributed by atoms with van der Waals surface area (Å²) in [6, 6.07) is 0. The van der Waals surface area contributed by atoms with Crippen molar-refractivity contribution in [1.82, 2.24) is 5.32 Å². The molecule has 1 N–H and O–H groups in total. The van der Waals surface area contributed by atoms with Crippen LogP contribution in [0.25, 0.3) is 0 Å². The first-order valence-electron chi connectivity index (χ1n) is 12.8. The van der Waals surface area contributed by atoms with E-state index in [0.717, 1.165) is 12.8 Å². The van der Waals surface area contributed by atoms with Crippen molar-refractivity contribution in [3.05, 3.63) is 0 Å². The van der Waals surface area contributed by atoms with Gasteiger partial charge in [-0.3, -0.25) is 0 Å². The number of aldehydes is 1. The smallest absolute Gasteiger partial charge is 0.122 e. The van der Waals surface area contributed by atoms with Crippen molar-refractivity contribution < 1.29 is 52.2 Å². The molecule has 0 saturated heterocycles. The molecule has 36 heavy (non-hydrogen) atoms. The van der Waals surface area contributed by atoms with Crippen molar-refractivity contribution in [2.45, 2.75) is 6.42 Å². The van der Waals surface area contributed by atoms with Crippen LogP contribution in [0.5, 0.6) is 0 Å². The summed E-state index contributed by atoms with van der Waals surface area (Å²) < 4.78 is 53.8. The highest BCUT2D eigenvalue weighted by molar-refractivity contribution is 5.49.